The van der Waals surface area contributed by atoms with Crippen molar-refractivity contribution in [2.45, 2.75) is 32.1 Å². The van der Waals surface area contributed by atoms with E-state index in [1.165, 1.54) is 0 Å². The van der Waals surface area contributed by atoms with Crippen LogP contribution in [0.25, 0.3) is 0 Å². The number of rotatable bonds is 6. The summed E-state index contributed by atoms with van der Waals surface area (Å²) in [5.41, 5.74) is 1.74. The van der Waals surface area contributed by atoms with E-state index in [2.05, 4.69) is 5.32 Å². The van der Waals surface area contributed by atoms with E-state index in [1.54, 1.807) is 29.9 Å². The summed E-state index contributed by atoms with van der Waals surface area (Å²) in [6.07, 6.45) is 2.16. The number of hydrogen-bond acceptors (Lipinski definition) is 5. The van der Waals surface area contributed by atoms with Gasteiger partial charge in [-0.15, -0.1) is 0 Å². The summed E-state index contributed by atoms with van der Waals surface area (Å²) in [5.74, 6) is -0.174. The van der Waals surface area contributed by atoms with Gasteiger partial charge in [-0.2, -0.15) is 0 Å². The van der Waals surface area contributed by atoms with Gasteiger partial charge in [0, 0.05) is 43.9 Å². The number of esters is 1. The highest BCUT2D eigenvalue weighted by Crippen LogP contribution is 2.33. The zero-order chi connectivity index (χ0) is 25.5. The van der Waals surface area contributed by atoms with Gasteiger partial charge in [0.15, 0.2) is 0 Å². The monoisotopic (exact) mass is 493 g/mol. The number of ether oxygens (including phenoxy) is 2. The number of amides is 3. The first-order valence-corrected chi connectivity index (χ1v) is 12.7. The minimum Gasteiger partial charge on any atom is -0.497 e. The lowest BCUT2D eigenvalue weighted by atomic mass is 9.83. The topological polar surface area (TPSA) is 88.2 Å². The Bertz CT molecular complexity index is 1060. The summed E-state index contributed by atoms with van der Waals surface area (Å²) in [7, 11) is 1.58. The number of likely N-dealkylation sites (tertiary alicyclic amines) is 2. The fraction of sp³-hybridized carbons (Fsp3) is 0.464. The predicted molar refractivity (Wildman–Crippen MR) is 137 cm³/mol. The SMILES string of the molecule is CCOC(=O)C1CCCN(C(=O)C2CC(c3ccccc3)CN(C(=O)Nc3cccc(OC)c3)C2)C1. The third-order valence-electron chi connectivity index (χ3n) is 7.03. The molecule has 2 aliphatic rings. The van der Waals surface area contributed by atoms with E-state index in [0.29, 0.717) is 50.6 Å². The standard InChI is InChI=1S/C28H35N3O5/c1-3-36-27(33)21-11-8-14-30(17-21)26(32)23-15-22(20-9-5-4-6-10-20)18-31(19-23)28(34)29-24-12-7-13-25(16-24)35-2/h4-7,9-10,12-13,16,21-23H,3,8,11,14-15,17-19H2,1-2H3,(H,29,34). The average molecular weight is 494 g/mol. The zero-order valence-corrected chi connectivity index (χ0v) is 21.0. The molecule has 192 valence electrons. The van der Waals surface area contributed by atoms with E-state index in [9.17, 15) is 14.4 Å². The van der Waals surface area contributed by atoms with Gasteiger partial charge >= 0.3 is 12.0 Å². The number of piperidine rings is 2. The summed E-state index contributed by atoms with van der Waals surface area (Å²) in [6, 6.07) is 17.0. The molecule has 8 heteroatoms. The number of methoxy groups -OCH3 is 1. The van der Waals surface area contributed by atoms with Crippen molar-refractivity contribution in [3.8, 4) is 5.75 Å². The van der Waals surface area contributed by atoms with Crippen LogP contribution in [-0.2, 0) is 14.3 Å². The Morgan fingerprint density at radius 2 is 1.75 bits per heavy atom. The van der Waals surface area contributed by atoms with Crippen LogP contribution in [0.3, 0.4) is 0 Å². The first kappa shape index (κ1) is 25.5. The molecule has 2 aromatic rings. The van der Waals surface area contributed by atoms with Crippen LogP contribution in [0, 0.1) is 11.8 Å². The van der Waals surface area contributed by atoms with Gasteiger partial charge < -0.3 is 24.6 Å². The maximum absolute atomic E-state index is 13.7. The lowest BCUT2D eigenvalue weighted by Crippen LogP contribution is -2.52. The molecule has 3 amide bonds. The Morgan fingerprint density at radius 3 is 2.50 bits per heavy atom. The predicted octanol–water partition coefficient (Wildman–Crippen LogP) is 4.13. The summed E-state index contributed by atoms with van der Waals surface area (Å²) in [5, 5.41) is 2.95. The van der Waals surface area contributed by atoms with Crippen molar-refractivity contribution in [2.24, 2.45) is 11.8 Å². The van der Waals surface area contributed by atoms with Crippen LogP contribution in [0.2, 0.25) is 0 Å². The molecule has 0 bridgehead atoms. The van der Waals surface area contributed by atoms with Gasteiger partial charge in [0.2, 0.25) is 5.91 Å². The molecule has 3 unspecified atom stereocenters. The molecule has 2 aliphatic heterocycles. The molecule has 0 aliphatic carbocycles. The molecule has 36 heavy (non-hydrogen) atoms. The molecule has 8 nitrogen and oxygen atoms in total. The van der Waals surface area contributed by atoms with Crippen LogP contribution in [0.15, 0.2) is 54.6 Å². The fourth-order valence-electron chi connectivity index (χ4n) is 5.20. The second-order valence-electron chi connectivity index (χ2n) is 9.48. The molecule has 1 N–H and O–H groups in total. The summed E-state index contributed by atoms with van der Waals surface area (Å²) >= 11 is 0. The zero-order valence-electron chi connectivity index (χ0n) is 21.0. The number of carbonyl (C=O) groups excluding carboxylic acids is 3. The number of anilines is 1. The Balaban J connectivity index is 1.50. The molecule has 0 aromatic heterocycles. The molecule has 0 radical (unpaired) electrons. The summed E-state index contributed by atoms with van der Waals surface area (Å²) < 4.78 is 10.5. The lowest BCUT2D eigenvalue weighted by molar-refractivity contribution is -0.152. The third kappa shape index (κ3) is 6.17. The smallest absolute Gasteiger partial charge is 0.321 e. The number of hydrogen-bond donors (Lipinski definition) is 1. The van der Waals surface area contributed by atoms with Crippen molar-refractivity contribution >= 4 is 23.6 Å². The Labute approximate surface area is 212 Å². The largest absolute Gasteiger partial charge is 0.497 e. The van der Waals surface area contributed by atoms with Crippen molar-refractivity contribution in [3.63, 3.8) is 0 Å². The number of urea groups is 1. The summed E-state index contributed by atoms with van der Waals surface area (Å²) in [4.78, 5) is 42.8. The van der Waals surface area contributed by atoms with Crippen molar-refractivity contribution in [3.05, 3.63) is 60.2 Å². The quantitative estimate of drug-likeness (QED) is 0.612. The molecule has 2 saturated heterocycles. The Kier molecular flexibility index (Phi) is 8.46. The fourth-order valence-corrected chi connectivity index (χ4v) is 5.20. The van der Waals surface area contributed by atoms with Crippen LogP contribution in [0.4, 0.5) is 10.5 Å². The van der Waals surface area contributed by atoms with Gasteiger partial charge in [-0.05, 0) is 43.9 Å². The van der Waals surface area contributed by atoms with Gasteiger partial charge in [-0.3, -0.25) is 9.59 Å². The first-order valence-electron chi connectivity index (χ1n) is 12.7. The third-order valence-corrected chi connectivity index (χ3v) is 7.03. The van der Waals surface area contributed by atoms with Crippen LogP contribution in [-0.4, -0.2) is 67.6 Å². The van der Waals surface area contributed by atoms with Gasteiger partial charge in [0.05, 0.1) is 25.6 Å². The maximum atomic E-state index is 13.7. The molecular weight excluding hydrogens is 458 g/mol. The van der Waals surface area contributed by atoms with Crippen molar-refractivity contribution in [2.75, 3.05) is 45.2 Å². The van der Waals surface area contributed by atoms with E-state index >= 15 is 0 Å². The van der Waals surface area contributed by atoms with Crippen LogP contribution >= 0.6 is 0 Å². The molecule has 0 saturated carbocycles. The normalized spacial score (nSPS) is 22.0. The highest BCUT2D eigenvalue weighted by atomic mass is 16.5. The molecule has 3 atom stereocenters. The minimum atomic E-state index is -0.346. The number of carbonyl (C=O) groups is 3. The van der Waals surface area contributed by atoms with Gasteiger partial charge in [0.25, 0.3) is 0 Å². The highest BCUT2D eigenvalue weighted by Gasteiger charge is 2.38. The van der Waals surface area contributed by atoms with Crippen LogP contribution < -0.4 is 10.1 Å². The average Bonchev–Trinajstić information content (AvgIpc) is 2.93. The molecular formula is C28H35N3O5. The second kappa shape index (κ2) is 11.9. The lowest BCUT2D eigenvalue weighted by Gasteiger charge is -2.40. The van der Waals surface area contributed by atoms with Crippen molar-refractivity contribution in [1.82, 2.24) is 9.80 Å². The van der Waals surface area contributed by atoms with Crippen molar-refractivity contribution in [1.29, 1.82) is 0 Å². The van der Waals surface area contributed by atoms with Gasteiger partial charge in [-0.25, -0.2) is 4.79 Å². The highest BCUT2D eigenvalue weighted by molar-refractivity contribution is 5.90. The minimum absolute atomic E-state index is 0.00353. The number of benzene rings is 2. The Hall–Kier alpha value is -3.55. The van der Waals surface area contributed by atoms with E-state index in [1.807, 2.05) is 48.5 Å². The van der Waals surface area contributed by atoms with E-state index in [-0.39, 0.29) is 35.7 Å². The number of nitrogens with one attached hydrogen (secondary N) is 1. The molecule has 2 heterocycles. The van der Waals surface area contributed by atoms with Crippen LogP contribution in [0.5, 0.6) is 5.75 Å². The van der Waals surface area contributed by atoms with E-state index in [4.69, 9.17) is 9.47 Å². The van der Waals surface area contributed by atoms with Crippen molar-refractivity contribution < 1.29 is 23.9 Å². The maximum Gasteiger partial charge on any atom is 0.321 e. The van der Waals surface area contributed by atoms with Crippen LogP contribution in [0.1, 0.15) is 37.7 Å². The van der Waals surface area contributed by atoms with E-state index < -0.39 is 0 Å². The second-order valence-corrected chi connectivity index (χ2v) is 9.48. The number of nitrogens with zero attached hydrogens (tertiary/aromatic N) is 2. The Morgan fingerprint density at radius 1 is 0.972 bits per heavy atom. The molecule has 4 rings (SSSR count). The van der Waals surface area contributed by atoms with Gasteiger partial charge in [0.1, 0.15) is 5.75 Å². The van der Waals surface area contributed by atoms with E-state index in [0.717, 1.165) is 18.4 Å². The molecule has 2 fully saturated rings. The first-order chi connectivity index (χ1) is 17.5. The molecule has 0 spiro atoms. The summed E-state index contributed by atoms with van der Waals surface area (Å²) in [6.45, 7) is 3.98. The van der Waals surface area contributed by atoms with Gasteiger partial charge in [-0.1, -0.05) is 36.4 Å². The molecule has 2 aromatic carbocycles.